The van der Waals surface area contributed by atoms with E-state index in [1.54, 1.807) is 12.3 Å². The third-order valence-corrected chi connectivity index (χ3v) is 3.83. The van der Waals surface area contributed by atoms with Gasteiger partial charge in [-0.3, -0.25) is 4.98 Å². The van der Waals surface area contributed by atoms with Crippen molar-refractivity contribution < 1.29 is 4.39 Å². The van der Waals surface area contributed by atoms with Gasteiger partial charge in [-0.15, -0.1) is 0 Å². The molecule has 0 aliphatic rings. The Morgan fingerprint density at radius 1 is 1.10 bits per heavy atom. The van der Waals surface area contributed by atoms with Crippen molar-refractivity contribution in [3.63, 3.8) is 0 Å². The van der Waals surface area contributed by atoms with Gasteiger partial charge in [0.2, 0.25) is 0 Å². The average Bonchev–Trinajstić information content (AvgIpc) is 2.53. The van der Waals surface area contributed by atoms with E-state index < -0.39 is 0 Å². The molecule has 1 N–H and O–H groups in total. The highest BCUT2D eigenvalue weighted by Crippen LogP contribution is 2.25. The zero-order valence-corrected chi connectivity index (χ0v) is 11.9. The maximum Gasteiger partial charge on any atom is 0.146 e. The predicted octanol–water partition coefficient (Wildman–Crippen LogP) is 3.88. The second kappa shape index (κ2) is 6.02. The second-order valence-electron chi connectivity index (χ2n) is 5.08. The Kier molecular flexibility index (Phi) is 3.93. The van der Waals surface area contributed by atoms with Gasteiger partial charge in [0.1, 0.15) is 5.82 Å². The van der Waals surface area contributed by atoms with Crippen molar-refractivity contribution in [1.29, 1.82) is 0 Å². The van der Waals surface area contributed by atoms with E-state index in [2.05, 4.69) is 34.6 Å². The summed E-state index contributed by atoms with van der Waals surface area (Å²) in [5.74, 6) is -0.267. The molecule has 3 rings (SSSR count). The summed E-state index contributed by atoms with van der Waals surface area (Å²) in [6, 6.07) is 16.2. The van der Waals surface area contributed by atoms with E-state index in [1.807, 2.05) is 25.2 Å². The predicted molar refractivity (Wildman–Crippen MR) is 83.6 cm³/mol. The van der Waals surface area contributed by atoms with Crippen LogP contribution in [0.3, 0.4) is 0 Å². The van der Waals surface area contributed by atoms with Crippen molar-refractivity contribution in [2.45, 2.75) is 12.5 Å². The van der Waals surface area contributed by atoms with E-state index in [1.165, 1.54) is 22.5 Å². The van der Waals surface area contributed by atoms with Crippen LogP contribution < -0.4 is 5.32 Å². The van der Waals surface area contributed by atoms with Crippen LogP contribution in [0.1, 0.15) is 17.2 Å². The molecule has 0 amide bonds. The number of hydrogen-bond acceptors (Lipinski definition) is 2. The van der Waals surface area contributed by atoms with Crippen molar-refractivity contribution in [3.05, 3.63) is 77.9 Å². The van der Waals surface area contributed by atoms with Gasteiger partial charge in [0.25, 0.3) is 0 Å². The molecule has 0 aliphatic carbocycles. The van der Waals surface area contributed by atoms with Gasteiger partial charge in [-0.25, -0.2) is 4.39 Å². The Morgan fingerprint density at radius 3 is 2.71 bits per heavy atom. The average molecular weight is 280 g/mol. The first-order chi connectivity index (χ1) is 10.3. The van der Waals surface area contributed by atoms with Crippen LogP contribution in [-0.4, -0.2) is 12.0 Å². The van der Waals surface area contributed by atoms with Gasteiger partial charge < -0.3 is 5.32 Å². The molecule has 1 heterocycles. The molecule has 0 saturated heterocycles. The van der Waals surface area contributed by atoms with Crippen LogP contribution >= 0.6 is 0 Å². The second-order valence-corrected chi connectivity index (χ2v) is 5.08. The van der Waals surface area contributed by atoms with Gasteiger partial charge in [0.05, 0.1) is 6.20 Å². The lowest BCUT2D eigenvalue weighted by molar-refractivity contribution is 0.531. The number of rotatable bonds is 4. The lowest BCUT2D eigenvalue weighted by Gasteiger charge is -2.18. The first-order valence-electron chi connectivity index (χ1n) is 7.03. The third-order valence-electron chi connectivity index (χ3n) is 3.83. The molecule has 106 valence electrons. The minimum atomic E-state index is -0.267. The minimum Gasteiger partial charge on any atom is -0.313 e. The first-order valence-corrected chi connectivity index (χ1v) is 7.03. The molecule has 0 bridgehead atoms. The van der Waals surface area contributed by atoms with Crippen LogP contribution in [0.15, 0.2) is 60.9 Å². The summed E-state index contributed by atoms with van der Waals surface area (Å²) in [5, 5.41) is 5.63. The Hall–Kier alpha value is -2.26. The van der Waals surface area contributed by atoms with Crippen molar-refractivity contribution in [2.75, 3.05) is 7.05 Å². The van der Waals surface area contributed by atoms with Crippen LogP contribution in [0.2, 0.25) is 0 Å². The SMILES string of the molecule is CNC(Cc1cccc2ccccc12)c1ccncc1F. The normalized spacial score (nSPS) is 12.5. The number of aromatic nitrogens is 1. The summed E-state index contributed by atoms with van der Waals surface area (Å²) < 4.78 is 13.9. The molecule has 0 fully saturated rings. The first kappa shape index (κ1) is 13.7. The van der Waals surface area contributed by atoms with E-state index in [-0.39, 0.29) is 11.9 Å². The highest BCUT2D eigenvalue weighted by atomic mass is 19.1. The Balaban J connectivity index is 1.98. The number of pyridine rings is 1. The number of benzene rings is 2. The fourth-order valence-corrected chi connectivity index (χ4v) is 2.73. The van der Waals surface area contributed by atoms with Crippen molar-refractivity contribution in [2.24, 2.45) is 0 Å². The zero-order chi connectivity index (χ0) is 14.7. The largest absolute Gasteiger partial charge is 0.313 e. The number of nitrogens with one attached hydrogen (secondary N) is 1. The minimum absolute atomic E-state index is 0.0705. The molecule has 0 radical (unpaired) electrons. The summed E-state index contributed by atoms with van der Waals surface area (Å²) in [5.41, 5.74) is 1.86. The summed E-state index contributed by atoms with van der Waals surface area (Å²) in [6.07, 6.45) is 3.63. The maximum atomic E-state index is 13.9. The van der Waals surface area contributed by atoms with Gasteiger partial charge in [-0.2, -0.15) is 0 Å². The highest BCUT2D eigenvalue weighted by molar-refractivity contribution is 5.85. The molecule has 1 aromatic heterocycles. The fourth-order valence-electron chi connectivity index (χ4n) is 2.73. The van der Waals surface area contributed by atoms with Crippen LogP contribution in [-0.2, 0) is 6.42 Å². The summed E-state index contributed by atoms with van der Waals surface area (Å²) in [7, 11) is 1.86. The molecule has 0 aliphatic heterocycles. The van der Waals surface area contributed by atoms with E-state index >= 15 is 0 Å². The molecule has 2 aromatic carbocycles. The monoisotopic (exact) mass is 280 g/mol. The van der Waals surface area contributed by atoms with E-state index in [4.69, 9.17) is 0 Å². The Labute approximate surface area is 123 Å². The molecule has 0 saturated carbocycles. The maximum absolute atomic E-state index is 13.9. The van der Waals surface area contributed by atoms with Gasteiger partial charge >= 0.3 is 0 Å². The molecule has 1 atom stereocenters. The number of hydrogen-bond donors (Lipinski definition) is 1. The van der Waals surface area contributed by atoms with E-state index in [0.717, 1.165) is 6.42 Å². The molecule has 21 heavy (non-hydrogen) atoms. The fraction of sp³-hybridized carbons (Fsp3) is 0.167. The third kappa shape index (κ3) is 2.78. The van der Waals surface area contributed by atoms with Gasteiger partial charge in [-0.05, 0) is 35.9 Å². The number of likely N-dealkylation sites (N-methyl/N-ethyl adjacent to an activating group) is 1. The van der Waals surface area contributed by atoms with Gasteiger partial charge in [0, 0.05) is 17.8 Å². The molecular weight excluding hydrogens is 263 g/mol. The Morgan fingerprint density at radius 2 is 1.90 bits per heavy atom. The van der Waals surface area contributed by atoms with Crippen molar-refractivity contribution in [1.82, 2.24) is 10.3 Å². The molecule has 3 aromatic rings. The standard InChI is InChI=1S/C18H17FN2/c1-20-18(16-9-10-21-12-17(16)19)11-14-7-4-6-13-5-2-3-8-15(13)14/h2-10,12,18,20H,11H2,1H3. The van der Waals surface area contributed by atoms with Crippen molar-refractivity contribution in [3.8, 4) is 0 Å². The van der Waals surface area contributed by atoms with Crippen molar-refractivity contribution >= 4 is 10.8 Å². The molecule has 1 unspecified atom stereocenters. The van der Waals surface area contributed by atoms with Crippen LogP contribution in [0.4, 0.5) is 4.39 Å². The van der Waals surface area contributed by atoms with Gasteiger partial charge in [-0.1, -0.05) is 42.5 Å². The van der Waals surface area contributed by atoms with Gasteiger partial charge in [0.15, 0.2) is 0 Å². The molecular formula is C18H17FN2. The topological polar surface area (TPSA) is 24.9 Å². The molecule has 0 spiro atoms. The van der Waals surface area contributed by atoms with Crippen LogP contribution in [0, 0.1) is 5.82 Å². The zero-order valence-electron chi connectivity index (χ0n) is 11.9. The summed E-state index contributed by atoms with van der Waals surface area (Å²) in [6.45, 7) is 0. The molecule has 3 heteroatoms. The number of fused-ring (bicyclic) bond motifs is 1. The Bertz CT molecular complexity index is 750. The molecule has 2 nitrogen and oxygen atoms in total. The number of halogens is 1. The number of nitrogens with zero attached hydrogens (tertiary/aromatic N) is 1. The van der Waals surface area contributed by atoms with E-state index in [9.17, 15) is 4.39 Å². The quantitative estimate of drug-likeness (QED) is 0.784. The summed E-state index contributed by atoms with van der Waals surface area (Å²) >= 11 is 0. The summed E-state index contributed by atoms with van der Waals surface area (Å²) in [4.78, 5) is 3.82. The lowest BCUT2D eigenvalue weighted by Crippen LogP contribution is -2.20. The smallest absolute Gasteiger partial charge is 0.146 e. The van der Waals surface area contributed by atoms with Crippen LogP contribution in [0.5, 0.6) is 0 Å². The lowest BCUT2D eigenvalue weighted by atomic mass is 9.95. The van der Waals surface area contributed by atoms with E-state index in [0.29, 0.717) is 5.56 Å². The highest BCUT2D eigenvalue weighted by Gasteiger charge is 2.15. The van der Waals surface area contributed by atoms with Crippen LogP contribution in [0.25, 0.3) is 10.8 Å².